The van der Waals surface area contributed by atoms with E-state index in [1.165, 1.54) is 0 Å². The van der Waals surface area contributed by atoms with Crippen LogP contribution >= 0.6 is 0 Å². The van der Waals surface area contributed by atoms with Crippen molar-refractivity contribution in [2.24, 2.45) is 0 Å². The summed E-state index contributed by atoms with van der Waals surface area (Å²) in [6.45, 7) is 0. The first-order valence-corrected chi connectivity index (χ1v) is 3.11. The van der Waals surface area contributed by atoms with Crippen LogP contribution in [-0.4, -0.2) is 13.1 Å². The predicted octanol–water partition coefficient (Wildman–Crippen LogP) is 1.63. The van der Waals surface area contributed by atoms with E-state index < -0.39 is 0 Å². The van der Waals surface area contributed by atoms with Crippen LogP contribution in [0.1, 0.15) is 0 Å². The second-order valence-corrected chi connectivity index (χ2v) is 1.72. The summed E-state index contributed by atoms with van der Waals surface area (Å²) in [6.07, 6.45) is 0.750. The SMILES string of the molecule is CNc1ccccc1.N=C=O. The first kappa shape index (κ1) is 9.40. The molecule has 0 unspecified atom stereocenters. The zero-order chi connectivity index (χ0) is 8.53. The summed E-state index contributed by atoms with van der Waals surface area (Å²) >= 11 is 0. The zero-order valence-electron chi connectivity index (χ0n) is 6.29. The predicted molar refractivity (Wildman–Crippen MR) is 44.4 cm³/mol. The molecule has 0 aliphatic carbocycles. The van der Waals surface area contributed by atoms with E-state index in [-0.39, 0.29) is 0 Å². The van der Waals surface area contributed by atoms with E-state index in [9.17, 15) is 0 Å². The fourth-order valence-corrected chi connectivity index (χ4v) is 0.605. The van der Waals surface area contributed by atoms with Gasteiger partial charge in [-0.3, -0.25) is 0 Å². The fourth-order valence-electron chi connectivity index (χ4n) is 0.605. The molecule has 11 heavy (non-hydrogen) atoms. The number of isocyanates is 1. The van der Waals surface area contributed by atoms with Gasteiger partial charge in [0.05, 0.1) is 0 Å². The quantitative estimate of drug-likeness (QED) is 0.472. The molecule has 1 aromatic rings. The zero-order valence-corrected chi connectivity index (χ0v) is 6.29. The smallest absolute Gasteiger partial charge is 0.231 e. The molecule has 3 heteroatoms. The average molecular weight is 150 g/mol. The normalized spacial score (nSPS) is 7.00. The number of anilines is 1. The van der Waals surface area contributed by atoms with Crippen LogP contribution in [0, 0.1) is 5.41 Å². The molecule has 0 saturated carbocycles. The number of carbonyl (C=O) groups excluding carboxylic acids is 1. The first-order valence-electron chi connectivity index (χ1n) is 3.11. The molecule has 0 radical (unpaired) electrons. The lowest BCUT2D eigenvalue weighted by atomic mass is 10.3. The summed E-state index contributed by atoms with van der Waals surface area (Å²) in [5.74, 6) is 0. The number of nitrogens with one attached hydrogen (secondary N) is 2. The Morgan fingerprint density at radius 2 is 1.82 bits per heavy atom. The largest absolute Gasteiger partial charge is 0.388 e. The molecule has 0 atom stereocenters. The van der Waals surface area contributed by atoms with Gasteiger partial charge in [0.2, 0.25) is 6.08 Å². The molecular formula is C8H10N2O. The lowest BCUT2D eigenvalue weighted by Gasteiger charge is -1.94. The van der Waals surface area contributed by atoms with Crippen LogP contribution in [0.15, 0.2) is 30.3 Å². The van der Waals surface area contributed by atoms with E-state index in [0.717, 1.165) is 11.8 Å². The van der Waals surface area contributed by atoms with Gasteiger partial charge >= 0.3 is 0 Å². The van der Waals surface area contributed by atoms with Gasteiger partial charge in [0.15, 0.2) is 0 Å². The van der Waals surface area contributed by atoms with Gasteiger partial charge in [-0.15, -0.1) is 0 Å². The lowest BCUT2D eigenvalue weighted by molar-refractivity contribution is 0.563. The van der Waals surface area contributed by atoms with Gasteiger partial charge in [0.1, 0.15) is 0 Å². The molecular weight excluding hydrogens is 140 g/mol. The number of para-hydroxylation sites is 1. The third-order valence-corrected chi connectivity index (χ3v) is 1.06. The van der Waals surface area contributed by atoms with Crippen molar-refractivity contribution in [2.45, 2.75) is 0 Å². The molecule has 3 nitrogen and oxygen atoms in total. The highest BCUT2D eigenvalue weighted by Gasteiger charge is 1.77. The van der Waals surface area contributed by atoms with E-state index in [0.29, 0.717) is 0 Å². The molecule has 0 aliphatic heterocycles. The Labute approximate surface area is 65.6 Å². The molecule has 0 aliphatic rings. The number of hydrogen-bond donors (Lipinski definition) is 2. The topological polar surface area (TPSA) is 53.0 Å². The van der Waals surface area contributed by atoms with Crippen LogP contribution in [-0.2, 0) is 4.79 Å². The van der Waals surface area contributed by atoms with Crippen LogP contribution in [0.25, 0.3) is 0 Å². The van der Waals surface area contributed by atoms with Gasteiger partial charge < -0.3 is 5.32 Å². The Morgan fingerprint density at radius 1 is 1.36 bits per heavy atom. The van der Waals surface area contributed by atoms with Crippen molar-refractivity contribution in [3.05, 3.63) is 30.3 Å². The van der Waals surface area contributed by atoms with Crippen molar-refractivity contribution in [1.82, 2.24) is 0 Å². The number of rotatable bonds is 1. The molecule has 0 fully saturated rings. The molecule has 0 spiro atoms. The van der Waals surface area contributed by atoms with E-state index in [1.54, 1.807) is 0 Å². The van der Waals surface area contributed by atoms with Gasteiger partial charge in [-0.1, -0.05) is 18.2 Å². The van der Waals surface area contributed by atoms with Crippen molar-refractivity contribution >= 4 is 11.8 Å². The van der Waals surface area contributed by atoms with Crippen molar-refractivity contribution < 1.29 is 4.79 Å². The van der Waals surface area contributed by atoms with Crippen molar-refractivity contribution in [2.75, 3.05) is 12.4 Å². The van der Waals surface area contributed by atoms with Crippen LogP contribution in [0.5, 0.6) is 0 Å². The van der Waals surface area contributed by atoms with E-state index in [2.05, 4.69) is 5.32 Å². The monoisotopic (exact) mass is 150 g/mol. The molecule has 0 amide bonds. The second kappa shape index (κ2) is 6.52. The van der Waals surface area contributed by atoms with Crippen LogP contribution in [0.4, 0.5) is 5.69 Å². The minimum atomic E-state index is 0.750. The standard InChI is InChI=1S/C7H9N.CHNO/c1-8-7-5-3-2-4-6-7;2-1-3/h2-6,8H,1H3;2H. The molecule has 2 N–H and O–H groups in total. The Morgan fingerprint density at radius 3 is 2.09 bits per heavy atom. The van der Waals surface area contributed by atoms with Crippen molar-refractivity contribution in [3.63, 3.8) is 0 Å². The highest BCUT2D eigenvalue weighted by Crippen LogP contribution is 2.01. The maximum absolute atomic E-state index is 8.35. The van der Waals surface area contributed by atoms with Crippen LogP contribution in [0.3, 0.4) is 0 Å². The first-order chi connectivity index (χ1) is 5.35. The van der Waals surface area contributed by atoms with Crippen molar-refractivity contribution in [3.8, 4) is 0 Å². The summed E-state index contributed by atoms with van der Waals surface area (Å²) in [4.78, 5) is 8.35. The third kappa shape index (κ3) is 4.88. The van der Waals surface area contributed by atoms with Crippen LogP contribution in [0.2, 0.25) is 0 Å². The number of benzene rings is 1. The lowest BCUT2D eigenvalue weighted by Crippen LogP contribution is -1.84. The number of hydrogen-bond acceptors (Lipinski definition) is 3. The average Bonchev–Trinajstić information content (AvgIpc) is 2.08. The van der Waals surface area contributed by atoms with Gasteiger partial charge in [-0.2, -0.15) is 0 Å². The highest BCUT2D eigenvalue weighted by atomic mass is 16.1. The van der Waals surface area contributed by atoms with E-state index in [1.807, 2.05) is 37.4 Å². The summed E-state index contributed by atoms with van der Waals surface area (Å²) in [5, 5.41) is 8.43. The van der Waals surface area contributed by atoms with Gasteiger partial charge in [0, 0.05) is 12.7 Å². The third-order valence-electron chi connectivity index (χ3n) is 1.06. The minimum Gasteiger partial charge on any atom is -0.388 e. The van der Waals surface area contributed by atoms with Crippen molar-refractivity contribution in [1.29, 1.82) is 5.41 Å². The maximum atomic E-state index is 8.35. The highest BCUT2D eigenvalue weighted by molar-refractivity contribution is 5.41. The maximum Gasteiger partial charge on any atom is 0.231 e. The summed E-state index contributed by atoms with van der Waals surface area (Å²) in [5.41, 5.74) is 1.16. The van der Waals surface area contributed by atoms with Gasteiger partial charge in [0.25, 0.3) is 0 Å². The molecule has 0 saturated heterocycles. The van der Waals surface area contributed by atoms with Crippen LogP contribution < -0.4 is 5.32 Å². The van der Waals surface area contributed by atoms with E-state index in [4.69, 9.17) is 10.2 Å². The molecule has 1 aromatic carbocycles. The molecule has 0 bridgehead atoms. The summed E-state index contributed by atoms with van der Waals surface area (Å²) in [7, 11) is 1.91. The summed E-state index contributed by atoms with van der Waals surface area (Å²) < 4.78 is 0. The molecule has 0 heterocycles. The molecule has 58 valence electrons. The molecule has 1 rings (SSSR count). The van der Waals surface area contributed by atoms with E-state index >= 15 is 0 Å². The Balaban J connectivity index is 0.000000292. The van der Waals surface area contributed by atoms with Gasteiger partial charge in [-0.25, -0.2) is 10.2 Å². The fraction of sp³-hybridized carbons (Fsp3) is 0.125. The van der Waals surface area contributed by atoms with Gasteiger partial charge in [-0.05, 0) is 12.1 Å². The Kier molecular flexibility index (Phi) is 5.57. The Bertz CT molecular complexity index is 215. The second-order valence-electron chi connectivity index (χ2n) is 1.72. The molecule has 0 aromatic heterocycles. The minimum absolute atomic E-state index is 0.750. The Hall–Kier alpha value is -1.60. The summed E-state index contributed by atoms with van der Waals surface area (Å²) in [6, 6.07) is 10.1.